The second kappa shape index (κ2) is 9.33. The third-order valence-electron chi connectivity index (χ3n) is 7.18. The average Bonchev–Trinajstić information content (AvgIpc) is 3.29. The summed E-state index contributed by atoms with van der Waals surface area (Å²) < 4.78 is 39.1. The molecule has 2 heterocycles. The van der Waals surface area contributed by atoms with Gasteiger partial charge in [-0.15, -0.1) is 0 Å². The number of hydrogen-bond donors (Lipinski definition) is 2. The molecule has 1 aliphatic heterocycles. The molecule has 34 heavy (non-hydrogen) atoms. The third-order valence-corrected chi connectivity index (χ3v) is 7.18. The van der Waals surface area contributed by atoms with Gasteiger partial charge >= 0.3 is 6.18 Å². The molecule has 5 rings (SSSR count). The summed E-state index contributed by atoms with van der Waals surface area (Å²) in [6.45, 7) is 3.12. The Balaban J connectivity index is 1.10. The SMILES string of the molecule is O=C(NC1CCC(N2CCN(c3cccc(C(F)(F)F)c3)CC2)CC1)c1cc2ccccc2[nH]1. The van der Waals surface area contributed by atoms with Gasteiger partial charge in [0.15, 0.2) is 0 Å². The van der Waals surface area contributed by atoms with Crippen LogP contribution < -0.4 is 10.2 Å². The molecular formula is C26H29F3N4O. The minimum Gasteiger partial charge on any atom is -0.369 e. The summed E-state index contributed by atoms with van der Waals surface area (Å²) in [5.41, 5.74) is 1.59. The summed E-state index contributed by atoms with van der Waals surface area (Å²) in [4.78, 5) is 20.4. The fourth-order valence-corrected chi connectivity index (χ4v) is 5.27. The summed E-state index contributed by atoms with van der Waals surface area (Å²) in [6.07, 6.45) is -0.419. The highest BCUT2D eigenvalue weighted by Gasteiger charge is 2.32. The fraction of sp³-hybridized carbons (Fsp3) is 0.423. The predicted molar refractivity (Wildman–Crippen MR) is 127 cm³/mol. The van der Waals surface area contributed by atoms with Crippen LogP contribution in [0, 0.1) is 0 Å². The number of piperazine rings is 1. The van der Waals surface area contributed by atoms with Crippen LogP contribution in [-0.2, 0) is 6.18 Å². The van der Waals surface area contributed by atoms with E-state index in [2.05, 4.69) is 15.2 Å². The van der Waals surface area contributed by atoms with Crippen LogP contribution in [0.5, 0.6) is 0 Å². The zero-order valence-corrected chi connectivity index (χ0v) is 18.9. The normalized spacial score (nSPS) is 22.1. The van der Waals surface area contributed by atoms with Crippen LogP contribution in [0.4, 0.5) is 18.9 Å². The van der Waals surface area contributed by atoms with E-state index < -0.39 is 11.7 Å². The van der Waals surface area contributed by atoms with E-state index in [4.69, 9.17) is 0 Å². The van der Waals surface area contributed by atoms with Crippen molar-refractivity contribution in [1.29, 1.82) is 0 Å². The number of para-hydroxylation sites is 1. The zero-order valence-electron chi connectivity index (χ0n) is 18.9. The summed E-state index contributed by atoms with van der Waals surface area (Å²) in [5.74, 6) is -0.0608. The van der Waals surface area contributed by atoms with Gasteiger partial charge in [0.2, 0.25) is 0 Å². The van der Waals surface area contributed by atoms with Crippen LogP contribution in [0.25, 0.3) is 10.9 Å². The lowest BCUT2D eigenvalue weighted by Gasteiger charge is -2.42. The van der Waals surface area contributed by atoms with E-state index in [-0.39, 0.29) is 11.9 Å². The van der Waals surface area contributed by atoms with Crippen molar-refractivity contribution in [2.24, 2.45) is 0 Å². The highest BCUT2D eigenvalue weighted by Crippen LogP contribution is 2.32. The lowest BCUT2D eigenvalue weighted by molar-refractivity contribution is -0.137. The van der Waals surface area contributed by atoms with Crippen molar-refractivity contribution in [3.8, 4) is 0 Å². The lowest BCUT2D eigenvalue weighted by Crippen LogP contribution is -2.52. The van der Waals surface area contributed by atoms with Crippen molar-refractivity contribution in [1.82, 2.24) is 15.2 Å². The van der Waals surface area contributed by atoms with Gasteiger partial charge in [-0.3, -0.25) is 9.69 Å². The molecule has 5 nitrogen and oxygen atoms in total. The molecular weight excluding hydrogens is 441 g/mol. The van der Waals surface area contributed by atoms with Gasteiger partial charge in [0.05, 0.1) is 5.56 Å². The minimum atomic E-state index is -4.32. The number of carbonyl (C=O) groups is 1. The Labute approximate surface area is 196 Å². The first-order valence-electron chi connectivity index (χ1n) is 11.9. The molecule has 2 aromatic carbocycles. The molecule has 2 N–H and O–H groups in total. The van der Waals surface area contributed by atoms with E-state index >= 15 is 0 Å². The summed E-state index contributed by atoms with van der Waals surface area (Å²) >= 11 is 0. The van der Waals surface area contributed by atoms with Gasteiger partial charge in [-0.2, -0.15) is 13.2 Å². The molecule has 1 aliphatic carbocycles. The number of hydrogen-bond acceptors (Lipinski definition) is 3. The van der Waals surface area contributed by atoms with E-state index in [0.29, 0.717) is 17.4 Å². The minimum absolute atomic E-state index is 0.0608. The van der Waals surface area contributed by atoms with Crippen LogP contribution >= 0.6 is 0 Å². The molecule has 2 fully saturated rings. The molecule has 1 saturated heterocycles. The molecule has 180 valence electrons. The van der Waals surface area contributed by atoms with Crippen LogP contribution in [-0.4, -0.2) is 54.1 Å². The highest BCUT2D eigenvalue weighted by atomic mass is 19.4. The fourth-order valence-electron chi connectivity index (χ4n) is 5.27. The molecule has 2 aliphatic rings. The van der Waals surface area contributed by atoms with Gasteiger partial charge in [-0.25, -0.2) is 0 Å². The Morgan fingerprint density at radius 3 is 2.35 bits per heavy atom. The Kier molecular flexibility index (Phi) is 6.25. The molecule has 3 aromatic rings. The molecule has 0 atom stereocenters. The average molecular weight is 471 g/mol. The van der Waals surface area contributed by atoms with Crippen molar-refractivity contribution in [2.45, 2.75) is 43.9 Å². The monoisotopic (exact) mass is 470 g/mol. The number of halogens is 3. The maximum Gasteiger partial charge on any atom is 0.416 e. The van der Waals surface area contributed by atoms with Crippen molar-refractivity contribution in [3.05, 3.63) is 65.9 Å². The van der Waals surface area contributed by atoms with Crippen LogP contribution in [0.1, 0.15) is 41.7 Å². The molecule has 0 spiro atoms. The lowest BCUT2D eigenvalue weighted by atomic mass is 9.89. The molecule has 0 radical (unpaired) electrons. The van der Waals surface area contributed by atoms with Crippen molar-refractivity contribution >= 4 is 22.5 Å². The predicted octanol–water partition coefficient (Wildman–Crippen LogP) is 5.05. The van der Waals surface area contributed by atoms with Gasteiger partial charge in [0, 0.05) is 54.9 Å². The number of alkyl halides is 3. The maximum atomic E-state index is 13.0. The number of aromatic amines is 1. The maximum absolute atomic E-state index is 13.0. The summed E-state index contributed by atoms with van der Waals surface area (Å²) in [5, 5.41) is 4.21. The Morgan fingerprint density at radius 2 is 1.65 bits per heavy atom. The van der Waals surface area contributed by atoms with Crippen LogP contribution in [0.3, 0.4) is 0 Å². The Bertz CT molecular complexity index is 1110. The quantitative estimate of drug-likeness (QED) is 0.561. The number of amides is 1. The van der Waals surface area contributed by atoms with Gasteiger partial charge < -0.3 is 15.2 Å². The van der Waals surface area contributed by atoms with Crippen molar-refractivity contribution < 1.29 is 18.0 Å². The standard InChI is InChI=1S/C26H29F3N4O/c27-26(28,29)19-5-3-6-22(17-19)33-14-12-32(13-15-33)21-10-8-20(9-11-21)30-25(34)24-16-18-4-1-2-7-23(18)31-24/h1-7,16-17,20-21,31H,8-15H2,(H,30,34). The number of fused-ring (bicyclic) bond motifs is 1. The smallest absolute Gasteiger partial charge is 0.369 e. The number of benzene rings is 2. The molecule has 0 unspecified atom stereocenters. The number of H-pyrrole nitrogens is 1. The van der Waals surface area contributed by atoms with Crippen LogP contribution in [0.15, 0.2) is 54.6 Å². The number of nitrogens with zero attached hydrogens (tertiary/aromatic N) is 2. The van der Waals surface area contributed by atoms with E-state index in [9.17, 15) is 18.0 Å². The van der Waals surface area contributed by atoms with Gasteiger partial charge in [0.25, 0.3) is 5.91 Å². The Morgan fingerprint density at radius 1 is 0.912 bits per heavy atom. The van der Waals surface area contributed by atoms with Crippen molar-refractivity contribution in [3.63, 3.8) is 0 Å². The van der Waals surface area contributed by atoms with E-state index in [1.165, 1.54) is 12.1 Å². The van der Waals surface area contributed by atoms with E-state index in [0.717, 1.165) is 68.8 Å². The third kappa shape index (κ3) is 4.92. The first-order chi connectivity index (χ1) is 16.4. The molecule has 0 bridgehead atoms. The summed E-state index contributed by atoms with van der Waals surface area (Å²) in [7, 11) is 0. The van der Waals surface area contributed by atoms with Crippen LogP contribution in [0.2, 0.25) is 0 Å². The Hall–Kier alpha value is -3.00. The van der Waals surface area contributed by atoms with Gasteiger partial charge in [-0.05, 0) is 56.0 Å². The molecule has 1 aromatic heterocycles. The largest absolute Gasteiger partial charge is 0.416 e. The van der Waals surface area contributed by atoms with Gasteiger partial charge in [0.1, 0.15) is 5.69 Å². The zero-order chi connectivity index (χ0) is 23.7. The number of rotatable bonds is 4. The van der Waals surface area contributed by atoms with Gasteiger partial charge in [-0.1, -0.05) is 24.3 Å². The number of carbonyl (C=O) groups excluding carboxylic acids is 1. The first kappa shape index (κ1) is 22.8. The number of nitrogens with one attached hydrogen (secondary N) is 2. The summed E-state index contributed by atoms with van der Waals surface area (Å²) in [6, 6.07) is 16.0. The van der Waals surface area contributed by atoms with E-state index in [1.54, 1.807) is 6.07 Å². The molecule has 1 amide bonds. The number of anilines is 1. The second-order valence-corrected chi connectivity index (χ2v) is 9.32. The second-order valence-electron chi connectivity index (χ2n) is 9.32. The highest BCUT2D eigenvalue weighted by molar-refractivity contribution is 5.98. The molecule has 8 heteroatoms. The molecule has 1 saturated carbocycles. The number of aromatic nitrogens is 1. The van der Waals surface area contributed by atoms with E-state index in [1.807, 2.05) is 35.2 Å². The first-order valence-corrected chi connectivity index (χ1v) is 11.9. The topological polar surface area (TPSA) is 51.4 Å². The van der Waals surface area contributed by atoms with Crippen molar-refractivity contribution in [2.75, 3.05) is 31.1 Å².